The lowest BCUT2D eigenvalue weighted by atomic mass is 9.81. The molecule has 0 radical (unpaired) electrons. The van der Waals surface area contributed by atoms with Crippen molar-refractivity contribution in [2.75, 3.05) is 0 Å². The summed E-state index contributed by atoms with van der Waals surface area (Å²) in [5, 5.41) is 23.3. The molecule has 3 aromatic rings. The van der Waals surface area contributed by atoms with Crippen LogP contribution in [0.15, 0.2) is 51.4 Å². The third kappa shape index (κ3) is 3.91. The maximum absolute atomic E-state index is 12.7. The highest BCUT2D eigenvalue weighted by atomic mass is 32.2. The third-order valence-corrected chi connectivity index (χ3v) is 8.16. The van der Waals surface area contributed by atoms with E-state index in [1.54, 1.807) is 30.3 Å². The number of thiophene rings is 1. The van der Waals surface area contributed by atoms with Crippen molar-refractivity contribution in [1.82, 2.24) is 9.88 Å². The van der Waals surface area contributed by atoms with Crippen molar-refractivity contribution in [2.24, 2.45) is 0 Å². The molecule has 0 saturated heterocycles. The van der Waals surface area contributed by atoms with Gasteiger partial charge in [-0.2, -0.15) is 0 Å². The summed E-state index contributed by atoms with van der Waals surface area (Å²) in [5.41, 5.74) is 1.41. The Kier molecular flexibility index (Phi) is 5.13. The Bertz CT molecular complexity index is 1050. The zero-order valence-corrected chi connectivity index (χ0v) is 16.5. The first-order chi connectivity index (χ1) is 13.4. The van der Waals surface area contributed by atoms with Crippen molar-refractivity contribution in [3.8, 4) is 22.1 Å². The smallest absolute Gasteiger partial charge is 0.250 e. The fourth-order valence-electron chi connectivity index (χ4n) is 3.62. The van der Waals surface area contributed by atoms with Crippen LogP contribution in [0, 0.1) is 0 Å². The van der Waals surface area contributed by atoms with E-state index in [4.69, 9.17) is 4.52 Å². The molecule has 1 saturated carbocycles. The number of phenols is 2. The van der Waals surface area contributed by atoms with Crippen LogP contribution in [-0.4, -0.2) is 29.8 Å². The van der Waals surface area contributed by atoms with Crippen molar-refractivity contribution in [1.29, 1.82) is 0 Å². The first-order valence-corrected chi connectivity index (χ1v) is 11.3. The number of sulfonamides is 1. The second kappa shape index (κ2) is 7.57. The van der Waals surface area contributed by atoms with Gasteiger partial charge in [0, 0.05) is 18.2 Å². The molecule has 1 aliphatic rings. The Balaban J connectivity index is 1.40. The average molecular weight is 421 g/mol. The Morgan fingerprint density at radius 2 is 1.86 bits per heavy atom. The maximum atomic E-state index is 12.7. The van der Waals surface area contributed by atoms with E-state index in [0.29, 0.717) is 18.5 Å². The highest BCUT2D eigenvalue weighted by Crippen LogP contribution is 2.39. The molecular formula is C19H20N2O5S2. The Morgan fingerprint density at radius 1 is 1.07 bits per heavy atom. The summed E-state index contributed by atoms with van der Waals surface area (Å²) in [6.07, 6.45) is 4.35. The summed E-state index contributed by atoms with van der Waals surface area (Å²) in [5.74, 6) is 0.272. The SMILES string of the molecule is O=S(=O)(NC1CCC(c2ccc(O)cc2O)CC1)c1ccc(-c2ccon2)s1. The molecule has 4 rings (SSSR count). The van der Waals surface area contributed by atoms with Gasteiger partial charge in [-0.05, 0) is 55.4 Å². The zero-order chi connectivity index (χ0) is 19.7. The Hall–Kier alpha value is -2.36. The van der Waals surface area contributed by atoms with Crippen molar-refractivity contribution in [2.45, 2.75) is 41.9 Å². The van der Waals surface area contributed by atoms with Gasteiger partial charge in [-0.1, -0.05) is 11.2 Å². The van der Waals surface area contributed by atoms with Crippen LogP contribution in [0.5, 0.6) is 11.5 Å². The number of nitrogens with zero attached hydrogens (tertiary/aromatic N) is 1. The molecule has 2 heterocycles. The number of benzene rings is 1. The fraction of sp³-hybridized carbons (Fsp3) is 0.316. The van der Waals surface area contributed by atoms with Crippen molar-refractivity contribution < 1.29 is 23.2 Å². The van der Waals surface area contributed by atoms with Gasteiger partial charge in [0.2, 0.25) is 10.0 Å². The van der Waals surface area contributed by atoms with Crippen LogP contribution in [0.25, 0.3) is 10.6 Å². The lowest BCUT2D eigenvalue weighted by Crippen LogP contribution is -2.37. The molecule has 7 nitrogen and oxygen atoms in total. The number of aromatic nitrogens is 1. The van der Waals surface area contributed by atoms with Crippen LogP contribution in [0.4, 0.5) is 0 Å². The molecule has 0 spiro atoms. The number of rotatable bonds is 5. The second-order valence-corrected chi connectivity index (χ2v) is 9.94. The van der Waals surface area contributed by atoms with Crippen LogP contribution in [-0.2, 0) is 10.0 Å². The van der Waals surface area contributed by atoms with Gasteiger partial charge >= 0.3 is 0 Å². The zero-order valence-electron chi connectivity index (χ0n) is 14.9. The number of nitrogens with one attached hydrogen (secondary N) is 1. The van der Waals surface area contributed by atoms with Crippen molar-refractivity contribution in [3.63, 3.8) is 0 Å². The molecule has 0 aliphatic heterocycles. The minimum atomic E-state index is -3.60. The molecular weight excluding hydrogens is 400 g/mol. The van der Waals surface area contributed by atoms with Crippen molar-refractivity contribution in [3.05, 3.63) is 48.2 Å². The molecule has 148 valence electrons. The number of hydrogen-bond acceptors (Lipinski definition) is 7. The molecule has 0 amide bonds. The van der Waals surface area contributed by atoms with Crippen LogP contribution < -0.4 is 4.72 Å². The summed E-state index contributed by atoms with van der Waals surface area (Å²) in [7, 11) is -3.60. The molecule has 0 bridgehead atoms. The topological polar surface area (TPSA) is 113 Å². The Morgan fingerprint density at radius 3 is 2.54 bits per heavy atom. The molecule has 3 N–H and O–H groups in total. The molecule has 9 heteroatoms. The van der Waals surface area contributed by atoms with Gasteiger partial charge in [0.1, 0.15) is 27.7 Å². The lowest BCUT2D eigenvalue weighted by molar-refractivity contribution is 0.363. The van der Waals surface area contributed by atoms with E-state index in [0.717, 1.165) is 34.6 Å². The maximum Gasteiger partial charge on any atom is 0.250 e. The van der Waals surface area contributed by atoms with Crippen LogP contribution in [0.3, 0.4) is 0 Å². The van der Waals surface area contributed by atoms with Crippen LogP contribution >= 0.6 is 11.3 Å². The van der Waals surface area contributed by atoms with E-state index in [-0.39, 0.29) is 27.7 Å². The predicted octanol–water partition coefficient (Wildman–Crippen LogP) is 3.82. The molecule has 2 aromatic heterocycles. The molecule has 0 unspecified atom stereocenters. The average Bonchev–Trinajstić information content (AvgIpc) is 3.34. The monoisotopic (exact) mass is 420 g/mol. The van der Waals surface area contributed by atoms with Gasteiger partial charge in [0.25, 0.3) is 0 Å². The number of aromatic hydroxyl groups is 2. The van der Waals surface area contributed by atoms with Gasteiger partial charge in [-0.15, -0.1) is 11.3 Å². The van der Waals surface area contributed by atoms with Gasteiger partial charge in [-0.3, -0.25) is 0 Å². The van der Waals surface area contributed by atoms with Crippen LogP contribution in [0.2, 0.25) is 0 Å². The second-order valence-electron chi connectivity index (χ2n) is 6.92. The van der Waals surface area contributed by atoms with Gasteiger partial charge in [0.05, 0.1) is 4.88 Å². The summed E-state index contributed by atoms with van der Waals surface area (Å²) < 4.78 is 33.3. The number of phenolic OH excluding ortho intramolecular Hbond substituents is 2. The van der Waals surface area contributed by atoms with E-state index >= 15 is 0 Å². The lowest BCUT2D eigenvalue weighted by Gasteiger charge is -2.29. The van der Waals surface area contributed by atoms with E-state index < -0.39 is 10.0 Å². The quantitative estimate of drug-likeness (QED) is 0.578. The minimum absolute atomic E-state index is 0.0311. The highest BCUT2D eigenvalue weighted by molar-refractivity contribution is 7.91. The highest BCUT2D eigenvalue weighted by Gasteiger charge is 2.28. The van der Waals surface area contributed by atoms with Gasteiger partial charge in [0.15, 0.2) is 0 Å². The van der Waals surface area contributed by atoms with Gasteiger partial charge < -0.3 is 14.7 Å². The van der Waals surface area contributed by atoms with E-state index in [1.165, 1.54) is 12.3 Å². The minimum Gasteiger partial charge on any atom is -0.508 e. The van der Waals surface area contributed by atoms with E-state index in [1.807, 2.05) is 0 Å². The molecule has 28 heavy (non-hydrogen) atoms. The summed E-state index contributed by atoms with van der Waals surface area (Å²) in [6.45, 7) is 0. The molecule has 1 aromatic carbocycles. The summed E-state index contributed by atoms with van der Waals surface area (Å²) >= 11 is 1.16. The largest absolute Gasteiger partial charge is 0.508 e. The summed E-state index contributed by atoms with van der Waals surface area (Å²) in [4.78, 5) is 0.737. The van der Waals surface area contributed by atoms with E-state index in [2.05, 4.69) is 9.88 Å². The molecule has 1 fully saturated rings. The Labute approximate surface area is 166 Å². The first kappa shape index (κ1) is 19.0. The normalized spacial score (nSPS) is 20.3. The van der Waals surface area contributed by atoms with Crippen molar-refractivity contribution >= 4 is 21.4 Å². The predicted molar refractivity (Wildman–Crippen MR) is 105 cm³/mol. The van der Waals surface area contributed by atoms with E-state index in [9.17, 15) is 18.6 Å². The van der Waals surface area contributed by atoms with Gasteiger partial charge in [-0.25, -0.2) is 13.1 Å². The molecule has 1 aliphatic carbocycles. The third-order valence-electron chi connectivity index (χ3n) is 5.04. The molecule has 0 atom stereocenters. The standard InChI is InChI=1S/C19H20N2O5S2/c22-14-5-6-15(17(23)11-14)12-1-3-13(4-2-12)21-28(24,25)19-8-7-18(27-19)16-9-10-26-20-16/h5-13,21-23H,1-4H2. The fourth-order valence-corrected chi connectivity index (χ4v) is 6.21. The number of hydrogen-bond donors (Lipinski definition) is 3. The first-order valence-electron chi connectivity index (χ1n) is 8.97. The summed E-state index contributed by atoms with van der Waals surface area (Å²) in [6, 6.07) is 9.49. The van der Waals surface area contributed by atoms with Crippen LogP contribution in [0.1, 0.15) is 37.2 Å².